The largest absolute Gasteiger partial charge is 0.378 e. The molecule has 1 aliphatic heterocycles. The Morgan fingerprint density at radius 2 is 1.73 bits per heavy atom. The Balaban J connectivity index is 1.75. The third-order valence-corrected chi connectivity index (χ3v) is 6.66. The number of imide groups is 2. The number of non-ortho nitro benzene ring substituents is 1. The highest BCUT2D eigenvalue weighted by molar-refractivity contribution is 7.87. The maximum Gasteiger partial charge on any atom is 0.339 e. The van der Waals surface area contributed by atoms with Crippen LogP contribution in [0.4, 0.5) is 16.2 Å². The zero-order valence-electron chi connectivity index (χ0n) is 18.9. The van der Waals surface area contributed by atoms with Crippen LogP contribution in [-0.2, 0) is 19.7 Å². The number of nitro benzene ring substituents is 1. The van der Waals surface area contributed by atoms with Gasteiger partial charge in [-0.3, -0.25) is 25.0 Å². The smallest absolute Gasteiger partial charge is 0.339 e. The lowest BCUT2D eigenvalue weighted by Gasteiger charge is -2.26. The van der Waals surface area contributed by atoms with Gasteiger partial charge in [-0.2, -0.15) is 8.42 Å². The van der Waals surface area contributed by atoms with Crippen LogP contribution >= 0.6 is 11.6 Å². The highest BCUT2D eigenvalue weighted by Gasteiger charge is 2.37. The average Bonchev–Trinajstić information content (AvgIpc) is 2.83. The molecular weight excluding hydrogens is 526 g/mol. The van der Waals surface area contributed by atoms with Crippen LogP contribution in [-0.4, -0.2) is 31.2 Å². The standard InChI is InChI=1S/C24H16ClN3O8S/c1-14-5-8-19(9-6-14)37(34,35)36-21-10-7-16(25)11-15(21)12-20-22(29)26-24(31)27(23(20)30)17-3-2-4-18(13-17)28(32)33/h2-13H,1H3,(H,26,29,31)/b20-12+. The molecule has 0 radical (unpaired) electrons. The summed E-state index contributed by atoms with van der Waals surface area (Å²) in [6, 6.07) is 13.4. The second kappa shape index (κ2) is 9.84. The van der Waals surface area contributed by atoms with Gasteiger partial charge >= 0.3 is 16.1 Å². The number of nitrogens with one attached hydrogen (secondary N) is 1. The molecule has 13 heteroatoms. The third-order valence-electron chi connectivity index (χ3n) is 5.18. The summed E-state index contributed by atoms with van der Waals surface area (Å²) in [4.78, 5) is 49.0. The number of carbonyl (C=O) groups excluding carboxylic acids is 3. The summed E-state index contributed by atoms with van der Waals surface area (Å²) < 4.78 is 30.9. The van der Waals surface area contributed by atoms with Gasteiger partial charge in [-0.25, -0.2) is 9.69 Å². The Labute approximate surface area is 215 Å². The zero-order valence-corrected chi connectivity index (χ0v) is 20.4. The van der Waals surface area contributed by atoms with Crippen molar-refractivity contribution in [2.75, 3.05) is 4.90 Å². The first-order chi connectivity index (χ1) is 17.5. The van der Waals surface area contributed by atoms with E-state index in [0.29, 0.717) is 4.90 Å². The van der Waals surface area contributed by atoms with E-state index in [1.54, 1.807) is 19.1 Å². The quantitative estimate of drug-likeness (QED) is 0.161. The molecule has 0 saturated carbocycles. The van der Waals surface area contributed by atoms with Crippen LogP contribution < -0.4 is 14.4 Å². The number of carbonyl (C=O) groups is 3. The molecule has 0 atom stereocenters. The summed E-state index contributed by atoms with van der Waals surface area (Å²) in [7, 11) is -4.29. The molecule has 1 N–H and O–H groups in total. The second-order valence-corrected chi connectivity index (χ2v) is 9.75. The van der Waals surface area contributed by atoms with E-state index < -0.39 is 38.5 Å². The molecule has 3 aromatic rings. The lowest BCUT2D eigenvalue weighted by molar-refractivity contribution is -0.384. The number of hydrogen-bond acceptors (Lipinski definition) is 8. The minimum absolute atomic E-state index is 0.0463. The molecule has 37 heavy (non-hydrogen) atoms. The molecule has 3 aromatic carbocycles. The SMILES string of the molecule is Cc1ccc(S(=O)(=O)Oc2ccc(Cl)cc2/C=C2\C(=O)NC(=O)N(c3cccc([N+](=O)[O-])c3)C2=O)cc1. The summed E-state index contributed by atoms with van der Waals surface area (Å²) in [5.74, 6) is -2.40. The minimum atomic E-state index is -4.29. The van der Waals surface area contributed by atoms with Gasteiger partial charge in [0.25, 0.3) is 17.5 Å². The highest BCUT2D eigenvalue weighted by Crippen LogP contribution is 2.30. The normalized spacial score (nSPS) is 15.0. The number of aryl methyl sites for hydroxylation is 1. The monoisotopic (exact) mass is 541 g/mol. The maximum atomic E-state index is 13.2. The molecule has 0 aliphatic carbocycles. The number of barbiturate groups is 1. The predicted octanol–water partition coefficient (Wildman–Crippen LogP) is 3.99. The Morgan fingerprint density at radius 3 is 2.41 bits per heavy atom. The molecule has 1 fully saturated rings. The molecule has 4 rings (SSSR count). The molecule has 0 spiro atoms. The van der Waals surface area contributed by atoms with Crippen LogP contribution in [0.25, 0.3) is 6.08 Å². The van der Waals surface area contributed by atoms with Crippen LogP contribution in [0.15, 0.2) is 77.2 Å². The molecule has 1 heterocycles. The van der Waals surface area contributed by atoms with Crippen molar-refractivity contribution in [1.29, 1.82) is 0 Å². The van der Waals surface area contributed by atoms with Crippen molar-refractivity contribution in [2.45, 2.75) is 11.8 Å². The predicted molar refractivity (Wildman–Crippen MR) is 133 cm³/mol. The van der Waals surface area contributed by atoms with E-state index >= 15 is 0 Å². The van der Waals surface area contributed by atoms with E-state index in [1.807, 2.05) is 5.32 Å². The lowest BCUT2D eigenvalue weighted by Crippen LogP contribution is -2.54. The summed E-state index contributed by atoms with van der Waals surface area (Å²) in [5, 5.41) is 13.2. The van der Waals surface area contributed by atoms with Crippen LogP contribution in [0.1, 0.15) is 11.1 Å². The molecule has 188 valence electrons. The van der Waals surface area contributed by atoms with E-state index in [2.05, 4.69) is 0 Å². The molecule has 0 bridgehead atoms. The van der Waals surface area contributed by atoms with Gasteiger partial charge in [0.15, 0.2) is 0 Å². The van der Waals surface area contributed by atoms with E-state index in [4.69, 9.17) is 15.8 Å². The van der Waals surface area contributed by atoms with Gasteiger partial charge in [0.05, 0.1) is 10.6 Å². The van der Waals surface area contributed by atoms with E-state index in [9.17, 15) is 32.9 Å². The molecule has 0 aromatic heterocycles. The number of hydrogen-bond donors (Lipinski definition) is 1. The number of anilines is 1. The number of rotatable bonds is 6. The number of halogens is 1. The second-order valence-electron chi connectivity index (χ2n) is 7.77. The zero-order chi connectivity index (χ0) is 26.9. The minimum Gasteiger partial charge on any atom is -0.378 e. The van der Waals surface area contributed by atoms with Crippen molar-refractivity contribution >= 4 is 57.0 Å². The fourth-order valence-electron chi connectivity index (χ4n) is 3.37. The van der Waals surface area contributed by atoms with Gasteiger partial charge in [-0.1, -0.05) is 35.4 Å². The van der Waals surface area contributed by atoms with Crippen molar-refractivity contribution in [3.8, 4) is 5.75 Å². The molecule has 1 saturated heterocycles. The van der Waals surface area contributed by atoms with E-state index in [1.165, 1.54) is 48.5 Å². The van der Waals surface area contributed by atoms with Gasteiger partial charge in [-0.05, 0) is 49.4 Å². The Bertz CT molecular complexity index is 1600. The molecule has 11 nitrogen and oxygen atoms in total. The van der Waals surface area contributed by atoms with Crippen LogP contribution in [0, 0.1) is 17.0 Å². The van der Waals surface area contributed by atoms with Crippen LogP contribution in [0.3, 0.4) is 0 Å². The number of urea groups is 1. The van der Waals surface area contributed by atoms with Gasteiger partial charge in [0, 0.05) is 22.7 Å². The fraction of sp³-hybridized carbons (Fsp3) is 0.0417. The van der Waals surface area contributed by atoms with E-state index in [0.717, 1.165) is 17.7 Å². The lowest BCUT2D eigenvalue weighted by atomic mass is 10.1. The summed E-state index contributed by atoms with van der Waals surface area (Å²) >= 11 is 6.06. The molecule has 4 amide bonds. The number of amides is 4. The highest BCUT2D eigenvalue weighted by atomic mass is 35.5. The van der Waals surface area contributed by atoms with Crippen molar-refractivity contribution in [2.24, 2.45) is 0 Å². The maximum absolute atomic E-state index is 13.2. The van der Waals surface area contributed by atoms with Crippen molar-refractivity contribution in [1.82, 2.24) is 5.32 Å². The topological polar surface area (TPSA) is 153 Å². The third kappa shape index (κ3) is 5.34. The summed E-state index contributed by atoms with van der Waals surface area (Å²) in [6.07, 6.45) is 1.01. The first-order valence-electron chi connectivity index (χ1n) is 10.4. The fourth-order valence-corrected chi connectivity index (χ4v) is 4.51. The molecular formula is C24H16ClN3O8S. The van der Waals surface area contributed by atoms with Gasteiger partial charge in [0.2, 0.25) is 0 Å². The first-order valence-corrected chi connectivity index (χ1v) is 12.2. The first kappa shape index (κ1) is 25.5. The number of nitrogens with zero attached hydrogens (tertiary/aromatic N) is 2. The van der Waals surface area contributed by atoms with Gasteiger partial charge < -0.3 is 4.18 Å². The average molecular weight is 542 g/mol. The van der Waals surface area contributed by atoms with Gasteiger partial charge in [0.1, 0.15) is 16.2 Å². The van der Waals surface area contributed by atoms with Crippen molar-refractivity contribution in [3.05, 3.63) is 98.6 Å². The number of nitro groups is 1. The van der Waals surface area contributed by atoms with Crippen LogP contribution in [0.2, 0.25) is 5.02 Å². The Hall–Kier alpha value is -4.55. The van der Waals surface area contributed by atoms with Crippen LogP contribution in [0.5, 0.6) is 5.75 Å². The van der Waals surface area contributed by atoms with Crippen molar-refractivity contribution < 1.29 is 31.9 Å². The Morgan fingerprint density at radius 1 is 1.03 bits per heavy atom. The van der Waals surface area contributed by atoms with Crippen molar-refractivity contribution in [3.63, 3.8) is 0 Å². The Kier molecular flexibility index (Phi) is 6.79. The van der Waals surface area contributed by atoms with Gasteiger partial charge in [-0.15, -0.1) is 0 Å². The number of benzene rings is 3. The van der Waals surface area contributed by atoms with E-state index in [-0.39, 0.29) is 32.6 Å². The summed E-state index contributed by atoms with van der Waals surface area (Å²) in [5.41, 5.74) is -0.312. The summed E-state index contributed by atoms with van der Waals surface area (Å²) in [6.45, 7) is 1.79. The molecule has 1 aliphatic rings. The molecule has 0 unspecified atom stereocenters.